The molecule has 6 nitrogen and oxygen atoms in total. The third-order valence-electron chi connectivity index (χ3n) is 6.31. The number of hydrogen-bond acceptors (Lipinski definition) is 5. The predicted molar refractivity (Wildman–Crippen MR) is 134 cm³/mol. The Balaban J connectivity index is 1.57. The Bertz CT molecular complexity index is 1290. The van der Waals surface area contributed by atoms with E-state index in [-0.39, 0.29) is 17.6 Å². The molecule has 3 atom stereocenters. The zero-order chi connectivity index (χ0) is 23.7. The highest BCUT2D eigenvalue weighted by atomic mass is 79.9. The second-order valence-corrected chi connectivity index (χ2v) is 9.41. The van der Waals surface area contributed by atoms with Crippen molar-refractivity contribution in [3.8, 4) is 0 Å². The lowest BCUT2D eigenvalue weighted by atomic mass is 9.69. The maximum absolute atomic E-state index is 13.6. The van der Waals surface area contributed by atoms with E-state index in [2.05, 4.69) is 42.6 Å². The number of nitrogens with one attached hydrogen (secondary N) is 2. The van der Waals surface area contributed by atoms with Crippen LogP contribution in [0.2, 0.25) is 0 Å². The first-order valence-electron chi connectivity index (χ1n) is 11.1. The number of pyridine rings is 2. The van der Waals surface area contributed by atoms with Crippen LogP contribution in [0.15, 0.2) is 101 Å². The van der Waals surface area contributed by atoms with Crippen LogP contribution in [0, 0.1) is 5.92 Å². The SMILES string of the molecule is CC1=C(C(=O)Nc2ccc(Br)cn2)C(c2ccccn2)C2C(=O)CC(c3ccccc3)C=C2N1. The van der Waals surface area contributed by atoms with Gasteiger partial charge in [-0.25, -0.2) is 4.98 Å². The van der Waals surface area contributed by atoms with E-state index in [0.29, 0.717) is 29.2 Å². The number of hydrogen-bond donors (Lipinski definition) is 2. The molecule has 1 aliphatic heterocycles. The minimum atomic E-state index is -0.503. The maximum atomic E-state index is 13.6. The largest absolute Gasteiger partial charge is 0.362 e. The Morgan fingerprint density at radius 2 is 1.82 bits per heavy atom. The van der Waals surface area contributed by atoms with Crippen molar-refractivity contribution in [2.45, 2.75) is 25.2 Å². The summed E-state index contributed by atoms with van der Waals surface area (Å²) >= 11 is 3.36. The van der Waals surface area contributed by atoms with Gasteiger partial charge in [-0.1, -0.05) is 42.5 Å². The zero-order valence-electron chi connectivity index (χ0n) is 18.5. The molecular formula is C27H23BrN4O2. The number of ketones is 1. The number of allylic oxidation sites excluding steroid dienone is 3. The number of fused-ring (bicyclic) bond motifs is 1. The number of carbonyl (C=O) groups excluding carboxylic acids is 2. The fraction of sp³-hybridized carbons (Fsp3) is 0.185. The lowest BCUT2D eigenvalue weighted by Crippen LogP contribution is -2.42. The zero-order valence-corrected chi connectivity index (χ0v) is 20.1. The van der Waals surface area contributed by atoms with Gasteiger partial charge >= 0.3 is 0 Å². The van der Waals surface area contributed by atoms with Crippen molar-refractivity contribution < 1.29 is 9.59 Å². The molecule has 0 spiro atoms. The Morgan fingerprint density at radius 3 is 2.53 bits per heavy atom. The standard InChI is InChI=1S/C27H23BrN4O2/c1-16-24(27(34)32-23-11-10-19(28)15-30-23)26(20-9-5-6-12-29-20)25-21(31-16)13-18(14-22(25)33)17-7-3-2-4-8-17/h2-13,15,18,25-26,31H,14H2,1H3,(H,30,32,34). The van der Waals surface area contributed by atoms with Crippen LogP contribution in [0.3, 0.4) is 0 Å². The molecule has 2 aliphatic rings. The Hall–Kier alpha value is -3.58. The van der Waals surface area contributed by atoms with E-state index in [1.165, 1.54) is 0 Å². The number of amides is 1. The van der Waals surface area contributed by atoms with Crippen LogP contribution in [0.5, 0.6) is 0 Å². The molecule has 0 bridgehead atoms. The fourth-order valence-electron chi connectivity index (χ4n) is 4.80. The molecule has 3 heterocycles. The molecular weight excluding hydrogens is 492 g/mol. The average Bonchev–Trinajstić information content (AvgIpc) is 2.85. The molecule has 1 aromatic carbocycles. The number of benzene rings is 1. The number of aromatic nitrogens is 2. The molecule has 1 aliphatic carbocycles. The molecule has 2 aromatic heterocycles. The molecule has 0 saturated carbocycles. The minimum absolute atomic E-state index is 0.00743. The summed E-state index contributed by atoms with van der Waals surface area (Å²) in [7, 11) is 0. The van der Waals surface area contributed by atoms with Crippen molar-refractivity contribution >= 4 is 33.4 Å². The van der Waals surface area contributed by atoms with E-state index in [4.69, 9.17) is 0 Å². The molecule has 5 rings (SSSR count). The van der Waals surface area contributed by atoms with Crippen molar-refractivity contribution in [3.63, 3.8) is 0 Å². The molecule has 3 aromatic rings. The van der Waals surface area contributed by atoms with E-state index in [9.17, 15) is 9.59 Å². The van der Waals surface area contributed by atoms with Gasteiger partial charge in [0.05, 0.1) is 5.92 Å². The molecule has 2 N–H and O–H groups in total. The van der Waals surface area contributed by atoms with Gasteiger partial charge in [0.15, 0.2) is 0 Å². The number of halogens is 1. The summed E-state index contributed by atoms with van der Waals surface area (Å²) in [6.45, 7) is 1.87. The Labute approximate surface area is 206 Å². The van der Waals surface area contributed by atoms with Gasteiger partial charge in [-0.05, 0) is 52.7 Å². The van der Waals surface area contributed by atoms with Crippen LogP contribution in [0.4, 0.5) is 5.82 Å². The first-order chi connectivity index (χ1) is 16.5. The smallest absolute Gasteiger partial charge is 0.255 e. The van der Waals surface area contributed by atoms with E-state index >= 15 is 0 Å². The molecule has 0 saturated heterocycles. The number of anilines is 1. The first kappa shape index (κ1) is 22.2. The average molecular weight is 515 g/mol. The summed E-state index contributed by atoms with van der Waals surface area (Å²) in [5, 5.41) is 6.26. The first-order valence-corrected chi connectivity index (χ1v) is 11.9. The van der Waals surface area contributed by atoms with Gasteiger partial charge in [0.25, 0.3) is 5.91 Å². The lowest BCUT2D eigenvalue weighted by molar-refractivity contribution is -0.123. The van der Waals surface area contributed by atoms with Gasteiger partial charge in [0.2, 0.25) is 0 Å². The monoisotopic (exact) mass is 514 g/mol. The Kier molecular flexibility index (Phi) is 6.11. The molecule has 170 valence electrons. The van der Waals surface area contributed by atoms with E-state index in [1.807, 2.05) is 61.5 Å². The van der Waals surface area contributed by atoms with E-state index < -0.39 is 11.8 Å². The van der Waals surface area contributed by atoms with Crippen molar-refractivity contribution in [1.29, 1.82) is 0 Å². The Morgan fingerprint density at radius 1 is 1.03 bits per heavy atom. The summed E-state index contributed by atoms with van der Waals surface area (Å²) < 4.78 is 0.821. The third-order valence-corrected chi connectivity index (χ3v) is 6.78. The van der Waals surface area contributed by atoms with Gasteiger partial charge in [-0.2, -0.15) is 0 Å². The normalized spacial score (nSPS) is 21.9. The summed E-state index contributed by atoms with van der Waals surface area (Å²) in [6, 6.07) is 19.2. The van der Waals surface area contributed by atoms with Gasteiger partial charge in [-0.15, -0.1) is 0 Å². The van der Waals surface area contributed by atoms with Crippen LogP contribution in [0.1, 0.15) is 36.4 Å². The summed E-state index contributed by atoms with van der Waals surface area (Å²) in [4.78, 5) is 35.9. The third kappa shape index (κ3) is 4.31. The molecule has 34 heavy (non-hydrogen) atoms. The van der Waals surface area contributed by atoms with Crippen molar-refractivity contribution in [3.05, 3.63) is 112 Å². The second kappa shape index (κ2) is 9.35. The van der Waals surface area contributed by atoms with Gasteiger partial charge in [-0.3, -0.25) is 14.6 Å². The molecule has 3 unspecified atom stereocenters. The highest BCUT2D eigenvalue weighted by Crippen LogP contribution is 2.45. The van der Waals surface area contributed by atoms with E-state index in [0.717, 1.165) is 15.7 Å². The van der Waals surface area contributed by atoms with Crippen LogP contribution in [-0.4, -0.2) is 21.7 Å². The van der Waals surface area contributed by atoms with Crippen LogP contribution in [-0.2, 0) is 9.59 Å². The molecule has 0 fully saturated rings. The van der Waals surface area contributed by atoms with Gasteiger partial charge in [0, 0.05) is 57.8 Å². The van der Waals surface area contributed by atoms with Gasteiger partial charge in [0.1, 0.15) is 11.6 Å². The number of Topliss-reactive ketones (excluding diaryl/α,β-unsaturated/α-hetero) is 1. The summed E-state index contributed by atoms with van der Waals surface area (Å²) in [6.07, 6.45) is 5.83. The minimum Gasteiger partial charge on any atom is -0.362 e. The van der Waals surface area contributed by atoms with Crippen LogP contribution in [0.25, 0.3) is 0 Å². The number of rotatable bonds is 4. The highest BCUT2D eigenvalue weighted by Gasteiger charge is 2.45. The lowest BCUT2D eigenvalue weighted by Gasteiger charge is -2.39. The quantitative estimate of drug-likeness (QED) is 0.506. The summed E-state index contributed by atoms with van der Waals surface area (Å²) in [5.74, 6) is -0.771. The molecule has 7 heteroatoms. The van der Waals surface area contributed by atoms with E-state index in [1.54, 1.807) is 18.5 Å². The maximum Gasteiger partial charge on any atom is 0.255 e. The van der Waals surface area contributed by atoms with Crippen LogP contribution < -0.4 is 10.6 Å². The predicted octanol–water partition coefficient (Wildman–Crippen LogP) is 5.10. The van der Waals surface area contributed by atoms with Crippen molar-refractivity contribution in [2.75, 3.05) is 5.32 Å². The summed E-state index contributed by atoms with van der Waals surface area (Å²) in [5.41, 5.74) is 3.83. The highest BCUT2D eigenvalue weighted by molar-refractivity contribution is 9.10. The second-order valence-electron chi connectivity index (χ2n) is 8.50. The number of nitrogens with zero attached hydrogens (tertiary/aromatic N) is 2. The number of carbonyl (C=O) groups is 2. The van der Waals surface area contributed by atoms with Crippen LogP contribution >= 0.6 is 15.9 Å². The topological polar surface area (TPSA) is 84.0 Å². The van der Waals surface area contributed by atoms with Crippen molar-refractivity contribution in [1.82, 2.24) is 15.3 Å². The fourth-order valence-corrected chi connectivity index (χ4v) is 5.04. The van der Waals surface area contributed by atoms with Crippen molar-refractivity contribution in [2.24, 2.45) is 5.92 Å². The van der Waals surface area contributed by atoms with Gasteiger partial charge < -0.3 is 10.6 Å². The molecule has 1 amide bonds. The molecule has 0 radical (unpaired) electrons.